The van der Waals surface area contributed by atoms with E-state index in [2.05, 4.69) is 15.8 Å². The van der Waals surface area contributed by atoms with Crippen LogP contribution >= 0.6 is 0 Å². The number of carbonyl (C=O) groups excluding carboxylic acids is 2. The molecule has 2 amide bonds. The fourth-order valence-electron chi connectivity index (χ4n) is 2.54. The predicted molar refractivity (Wildman–Crippen MR) is 88.6 cm³/mol. The molecule has 3 N–H and O–H groups in total. The summed E-state index contributed by atoms with van der Waals surface area (Å²) in [7, 11) is 0. The molecule has 0 bridgehead atoms. The highest BCUT2D eigenvalue weighted by atomic mass is 16.3. The van der Waals surface area contributed by atoms with Gasteiger partial charge in [0.15, 0.2) is 0 Å². The first kappa shape index (κ1) is 18.0. The van der Waals surface area contributed by atoms with Crippen LogP contribution in [-0.4, -0.2) is 16.8 Å². The van der Waals surface area contributed by atoms with Gasteiger partial charge >= 0.3 is 0 Å². The first-order valence-corrected chi connectivity index (χ1v) is 7.60. The summed E-state index contributed by atoms with van der Waals surface area (Å²) in [6, 6.07) is 3.38. The Morgan fingerprint density at radius 1 is 1.28 bits per heavy atom. The Hall–Kier alpha value is -3.34. The topological polar surface area (TPSA) is 128 Å². The molecule has 25 heavy (non-hydrogen) atoms. The molecule has 0 spiro atoms. The van der Waals surface area contributed by atoms with Crippen molar-refractivity contribution in [3.8, 4) is 6.07 Å². The Balaban J connectivity index is 1.97. The molecule has 8 nitrogen and oxygen atoms in total. The Labute approximate surface area is 143 Å². The maximum Gasteiger partial charge on any atom is 0.273 e. The van der Waals surface area contributed by atoms with Gasteiger partial charge in [-0.15, -0.1) is 0 Å². The SMILES string of the molecule is Cc1[nH]c(=O)c(C#N)c(C)c1CCC(=O)NNC(=O)c1ccoc1C. The van der Waals surface area contributed by atoms with Crippen molar-refractivity contribution in [2.45, 2.75) is 33.6 Å². The van der Waals surface area contributed by atoms with Crippen LogP contribution in [0.4, 0.5) is 0 Å². The zero-order valence-electron chi connectivity index (χ0n) is 14.1. The molecule has 0 unspecified atom stereocenters. The largest absolute Gasteiger partial charge is 0.469 e. The molecule has 2 aromatic heterocycles. The van der Waals surface area contributed by atoms with E-state index in [-0.39, 0.29) is 12.0 Å². The number of pyridine rings is 1. The summed E-state index contributed by atoms with van der Waals surface area (Å²) in [6.45, 7) is 5.04. The van der Waals surface area contributed by atoms with E-state index in [0.717, 1.165) is 5.56 Å². The van der Waals surface area contributed by atoms with Gasteiger partial charge in [0.05, 0.1) is 11.8 Å². The lowest BCUT2D eigenvalue weighted by Crippen LogP contribution is -2.41. The highest BCUT2D eigenvalue weighted by Crippen LogP contribution is 2.14. The van der Waals surface area contributed by atoms with Gasteiger partial charge in [-0.2, -0.15) is 5.26 Å². The van der Waals surface area contributed by atoms with E-state index in [1.165, 1.54) is 12.3 Å². The van der Waals surface area contributed by atoms with Gasteiger partial charge < -0.3 is 9.40 Å². The molecule has 0 aromatic carbocycles. The quantitative estimate of drug-likeness (QED) is 0.718. The van der Waals surface area contributed by atoms with Crippen LogP contribution < -0.4 is 16.4 Å². The standard InChI is InChI=1S/C17H18N4O4/c1-9-12(10(2)19-16(23)14(9)8-18)4-5-15(22)20-21-17(24)13-6-7-25-11(13)3/h6-7H,4-5H2,1-3H3,(H,19,23)(H,20,22)(H,21,24). The van der Waals surface area contributed by atoms with E-state index in [1.807, 2.05) is 6.07 Å². The van der Waals surface area contributed by atoms with Gasteiger partial charge in [-0.25, -0.2) is 0 Å². The zero-order valence-corrected chi connectivity index (χ0v) is 14.1. The summed E-state index contributed by atoms with van der Waals surface area (Å²) in [6.07, 6.45) is 1.80. The minimum atomic E-state index is -0.470. The summed E-state index contributed by atoms with van der Waals surface area (Å²) in [5.74, 6) is -0.406. The van der Waals surface area contributed by atoms with Gasteiger partial charge in [0.1, 0.15) is 17.4 Å². The predicted octanol–water partition coefficient (Wildman–Crippen LogP) is 1.16. The third-order valence-electron chi connectivity index (χ3n) is 3.94. The smallest absolute Gasteiger partial charge is 0.273 e. The highest BCUT2D eigenvalue weighted by Gasteiger charge is 2.15. The van der Waals surface area contributed by atoms with Gasteiger partial charge in [0.2, 0.25) is 5.91 Å². The Bertz CT molecular complexity index is 918. The van der Waals surface area contributed by atoms with Crippen LogP contribution in [0.15, 0.2) is 21.5 Å². The van der Waals surface area contributed by atoms with Crippen molar-refractivity contribution in [1.29, 1.82) is 5.26 Å². The number of aromatic nitrogens is 1. The van der Waals surface area contributed by atoms with Crippen LogP contribution in [0.3, 0.4) is 0 Å². The molecule has 0 atom stereocenters. The lowest BCUT2D eigenvalue weighted by molar-refractivity contribution is -0.121. The average molecular weight is 342 g/mol. The maximum absolute atomic E-state index is 11.9. The van der Waals surface area contributed by atoms with Crippen molar-refractivity contribution in [2.75, 3.05) is 0 Å². The highest BCUT2D eigenvalue weighted by molar-refractivity contribution is 5.96. The average Bonchev–Trinajstić information content (AvgIpc) is 2.98. The van der Waals surface area contributed by atoms with Gasteiger partial charge in [-0.05, 0) is 44.4 Å². The van der Waals surface area contributed by atoms with Gasteiger partial charge in [-0.3, -0.25) is 25.2 Å². The summed E-state index contributed by atoms with van der Waals surface area (Å²) < 4.78 is 5.03. The summed E-state index contributed by atoms with van der Waals surface area (Å²) in [5.41, 5.74) is 6.51. The second-order valence-electron chi connectivity index (χ2n) is 5.56. The van der Waals surface area contributed by atoms with E-state index in [0.29, 0.717) is 29.0 Å². The van der Waals surface area contributed by atoms with E-state index in [4.69, 9.17) is 9.68 Å². The normalized spacial score (nSPS) is 10.2. The number of aromatic amines is 1. The number of hydrazine groups is 1. The summed E-state index contributed by atoms with van der Waals surface area (Å²) in [5, 5.41) is 9.05. The van der Waals surface area contributed by atoms with E-state index in [1.54, 1.807) is 20.8 Å². The lowest BCUT2D eigenvalue weighted by atomic mass is 9.99. The van der Waals surface area contributed by atoms with E-state index < -0.39 is 17.4 Å². The fraction of sp³-hybridized carbons (Fsp3) is 0.294. The number of H-pyrrole nitrogens is 1. The Kier molecular flexibility index (Phi) is 5.39. The molecule has 0 saturated carbocycles. The third kappa shape index (κ3) is 3.95. The first-order chi connectivity index (χ1) is 11.8. The number of aryl methyl sites for hydroxylation is 2. The van der Waals surface area contributed by atoms with Gasteiger partial charge in [0, 0.05) is 12.1 Å². The van der Waals surface area contributed by atoms with Crippen LogP contribution in [0.25, 0.3) is 0 Å². The summed E-state index contributed by atoms with van der Waals surface area (Å²) >= 11 is 0. The molecule has 0 fully saturated rings. The molecule has 0 aliphatic rings. The van der Waals surface area contributed by atoms with Gasteiger partial charge in [-0.1, -0.05) is 0 Å². The first-order valence-electron chi connectivity index (χ1n) is 7.60. The number of nitriles is 1. The van der Waals surface area contributed by atoms with Crippen molar-refractivity contribution in [2.24, 2.45) is 0 Å². The fourth-order valence-corrected chi connectivity index (χ4v) is 2.54. The Morgan fingerprint density at radius 2 is 2.00 bits per heavy atom. The lowest BCUT2D eigenvalue weighted by Gasteiger charge is -2.11. The van der Waals surface area contributed by atoms with Crippen molar-refractivity contribution in [3.05, 3.63) is 56.4 Å². The molecule has 2 heterocycles. The number of amides is 2. The number of carbonyl (C=O) groups is 2. The number of hydrogen-bond donors (Lipinski definition) is 3. The molecule has 2 aromatic rings. The molecule has 0 aliphatic carbocycles. The molecule has 8 heteroatoms. The molecular formula is C17H18N4O4. The number of hydrogen-bond acceptors (Lipinski definition) is 5. The number of nitrogens with one attached hydrogen (secondary N) is 3. The van der Waals surface area contributed by atoms with E-state index in [9.17, 15) is 14.4 Å². The monoisotopic (exact) mass is 342 g/mol. The zero-order chi connectivity index (χ0) is 18.6. The van der Waals surface area contributed by atoms with Crippen LogP contribution in [0.5, 0.6) is 0 Å². The van der Waals surface area contributed by atoms with Crippen molar-refractivity contribution >= 4 is 11.8 Å². The number of furan rings is 1. The van der Waals surface area contributed by atoms with Crippen molar-refractivity contribution < 1.29 is 14.0 Å². The van der Waals surface area contributed by atoms with Gasteiger partial charge in [0.25, 0.3) is 11.5 Å². The minimum absolute atomic E-state index is 0.0461. The molecule has 130 valence electrons. The van der Waals surface area contributed by atoms with Crippen LogP contribution in [0.2, 0.25) is 0 Å². The van der Waals surface area contributed by atoms with Crippen LogP contribution in [0, 0.1) is 32.1 Å². The van der Waals surface area contributed by atoms with Crippen LogP contribution in [0.1, 0.15) is 44.9 Å². The minimum Gasteiger partial charge on any atom is -0.469 e. The van der Waals surface area contributed by atoms with E-state index >= 15 is 0 Å². The van der Waals surface area contributed by atoms with Crippen molar-refractivity contribution in [1.82, 2.24) is 15.8 Å². The van der Waals surface area contributed by atoms with Crippen molar-refractivity contribution in [3.63, 3.8) is 0 Å². The second-order valence-corrected chi connectivity index (χ2v) is 5.56. The molecule has 0 aliphatic heterocycles. The number of rotatable bonds is 4. The van der Waals surface area contributed by atoms with Crippen LogP contribution in [-0.2, 0) is 11.2 Å². The number of nitrogens with zero attached hydrogens (tertiary/aromatic N) is 1. The maximum atomic E-state index is 11.9. The molecule has 0 radical (unpaired) electrons. The molecular weight excluding hydrogens is 324 g/mol. The third-order valence-corrected chi connectivity index (χ3v) is 3.94. The molecule has 2 rings (SSSR count). The second kappa shape index (κ2) is 7.49. The molecule has 0 saturated heterocycles. The Morgan fingerprint density at radius 3 is 2.60 bits per heavy atom. The summed E-state index contributed by atoms with van der Waals surface area (Å²) in [4.78, 5) is 38.1.